The van der Waals surface area contributed by atoms with Gasteiger partial charge in [-0.1, -0.05) is 0 Å². The van der Waals surface area contributed by atoms with Gasteiger partial charge in [0.25, 0.3) is 5.91 Å². The van der Waals surface area contributed by atoms with Crippen LogP contribution in [0, 0.1) is 11.3 Å². The molecule has 8 nitrogen and oxygen atoms in total. The second-order valence-electron chi connectivity index (χ2n) is 5.96. The highest BCUT2D eigenvalue weighted by Crippen LogP contribution is 2.43. The average Bonchev–Trinajstić information content (AvgIpc) is 3.18. The molecular formula is C16H21ClN2O6. The molecule has 3 heterocycles. The lowest BCUT2D eigenvalue weighted by atomic mass is 9.81. The fourth-order valence-corrected chi connectivity index (χ4v) is 3.41. The second kappa shape index (κ2) is 7.45. The lowest BCUT2D eigenvalue weighted by molar-refractivity contribution is -0.153. The van der Waals surface area contributed by atoms with E-state index in [2.05, 4.69) is 4.98 Å². The summed E-state index contributed by atoms with van der Waals surface area (Å²) >= 11 is 0. The number of hydrogen-bond acceptors (Lipinski definition) is 7. The standard InChI is InChI=1S/C16H20N2O6.ClH/c1-21-12-5-4-11(13(17-12)22-2)14(19)18-6-10-7-24-9-16(10,8-18)15(20)23-3;/h4-5,10H,6-9H2,1-3H3;1H/t10-,16-;/m0./s1. The van der Waals surface area contributed by atoms with E-state index in [9.17, 15) is 9.59 Å². The number of esters is 1. The van der Waals surface area contributed by atoms with Crippen molar-refractivity contribution >= 4 is 24.3 Å². The molecule has 138 valence electrons. The van der Waals surface area contributed by atoms with Crippen molar-refractivity contribution in [3.8, 4) is 11.8 Å². The molecule has 0 aliphatic carbocycles. The normalized spacial score (nSPS) is 24.3. The van der Waals surface area contributed by atoms with Crippen LogP contribution < -0.4 is 9.47 Å². The highest BCUT2D eigenvalue weighted by atomic mass is 35.5. The van der Waals surface area contributed by atoms with Gasteiger partial charge in [0.05, 0.1) is 34.5 Å². The van der Waals surface area contributed by atoms with E-state index < -0.39 is 5.41 Å². The Hall–Kier alpha value is -2.06. The molecule has 0 aromatic carbocycles. The zero-order valence-electron chi connectivity index (χ0n) is 14.3. The van der Waals surface area contributed by atoms with Gasteiger partial charge in [0.15, 0.2) is 0 Å². The number of amides is 1. The molecule has 0 saturated carbocycles. The van der Waals surface area contributed by atoms with Crippen molar-refractivity contribution in [2.75, 3.05) is 47.6 Å². The summed E-state index contributed by atoms with van der Waals surface area (Å²) in [5, 5.41) is 0. The van der Waals surface area contributed by atoms with Crippen LogP contribution in [0.4, 0.5) is 0 Å². The van der Waals surface area contributed by atoms with Gasteiger partial charge in [-0.2, -0.15) is 4.98 Å². The molecule has 9 heteroatoms. The van der Waals surface area contributed by atoms with Crippen LogP contribution >= 0.6 is 12.4 Å². The molecule has 0 N–H and O–H groups in total. The molecule has 0 bridgehead atoms. The topological polar surface area (TPSA) is 87.2 Å². The number of ether oxygens (including phenoxy) is 4. The first-order chi connectivity index (χ1) is 11.6. The Morgan fingerprint density at radius 1 is 1.28 bits per heavy atom. The molecule has 1 aromatic heterocycles. The Morgan fingerprint density at radius 3 is 2.68 bits per heavy atom. The molecule has 2 atom stereocenters. The number of nitrogens with zero attached hydrogens (tertiary/aromatic N) is 2. The summed E-state index contributed by atoms with van der Waals surface area (Å²) in [7, 11) is 4.29. The number of carbonyl (C=O) groups is 2. The minimum absolute atomic E-state index is 0. The van der Waals surface area contributed by atoms with Crippen LogP contribution in [-0.4, -0.2) is 69.4 Å². The summed E-state index contributed by atoms with van der Waals surface area (Å²) in [4.78, 5) is 30.9. The zero-order valence-corrected chi connectivity index (χ0v) is 15.1. The molecule has 2 saturated heterocycles. The quantitative estimate of drug-likeness (QED) is 0.722. The molecule has 3 rings (SSSR count). The highest BCUT2D eigenvalue weighted by molar-refractivity contribution is 5.97. The van der Waals surface area contributed by atoms with E-state index in [0.717, 1.165) is 0 Å². The predicted molar refractivity (Wildman–Crippen MR) is 89.3 cm³/mol. The summed E-state index contributed by atoms with van der Waals surface area (Å²) < 4.78 is 20.6. The van der Waals surface area contributed by atoms with Crippen molar-refractivity contribution in [1.82, 2.24) is 9.88 Å². The summed E-state index contributed by atoms with van der Waals surface area (Å²) in [5.74, 6) is -0.0770. The van der Waals surface area contributed by atoms with Crippen LogP contribution in [0.15, 0.2) is 12.1 Å². The van der Waals surface area contributed by atoms with Crippen molar-refractivity contribution < 1.29 is 28.5 Å². The van der Waals surface area contributed by atoms with Gasteiger partial charge in [0.2, 0.25) is 11.8 Å². The fraction of sp³-hybridized carbons (Fsp3) is 0.562. The number of methoxy groups -OCH3 is 3. The van der Waals surface area contributed by atoms with Gasteiger partial charge in [-0.3, -0.25) is 9.59 Å². The van der Waals surface area contributed by atoms with Crippen molar-refractivity contribution in [1.29, 1.82) is 0 Å². The summed E-state index contributed by atoms with van der Waals surface area (Å²) in [6, 6.07) is 3.22. The van der Waals surface area contributed by atoms with Crippen molar-refractivity contribution in [3.63, 3.8) is 0 Å². The van der Waals surface area contributed by atoms with Gasteiger partial charge < -0.3 is 23.8 Å². The maximum Gasteiger partial charge on any atom is 0.316 e. The average molecular weight is 373 g/mol. The van der Waals surface area contributed by atoms with E-state index >= 15 is 0 Å². The first-order valence-electron chi connectivity index (χ1n) is 7.60. The maximum atomic E-state index is 12.9. The van der Waals surface area contributed by atoms with E-state index in [1.54, 1.807) is 17.0 Å². The van der Waals surface area contributed by atoms with Crippen LogP contribution in [0.25, 0.3) is 0 Å². The van der Waals surface area contributed by atoms with E-state index in [-0.39, 0.29) is 49.2 Å². The van der Waals surface area contributed by atoms with Crippen LogP contribution in [0.2, 0.25) is 0 Å². The SMILES string of the molecule is COC(=O)[C@@]12COC[C@@H]1CN(C(=O)c1ccc(OC)nc1OC)C2.Cl. The number of likely N-dealkylation sites (tertiary alicyclic amines) is 1. The molecule has 0 unspecified atom stereocenters. The van der Waals surface area contributed by atoms with E-state index in [0.29, 0.717) is 24.6 Å². The Kier molecular flexibility index (Phi) is 5.74. The van der Waals surface area contributed by atoms with Crippen molar-refractivity contribution in [2.45, 2.75) is 0 Å². The van der Waals surface area contributed by atoms with Crippen LogP contribution in [0.1, 0.15) is 10.4 Å². The van der Waals surface area contributed by atoms with Gasteiger partial charge in [-0.05, 0) is 6.07 Å². The number of hydrogen-bond donors (Lipinski definition) is 0. The van der Waals surface area contributed by atoms with Gasteiger partial charge >= 0.3 is 5.97 Å². The molecule has 1 aromatic rings. The van der Waals surface area contributed by atoms with Gasteiger partial charge in [-0.15, -0.1) is 12.4 Å². The van der Waals surface area contributed by atoms with Crippen molar-refractivity contribution in [3.05, 3.63) is 17.7 Å². The monoisotopic (exact) mass is 372 g/mol. The Balaban J connectivity index is 0.00000225. The van der Waals surface area contributed by atoms with Crippen LogP contribution in [0.5, 0.6) is 11.8 Å². The number of aromatic nitrogens is 1. The van der Waals surface area contributed by atoms with Crippen molar-refractivity contribution in [2.24, 2.45) is 11.3 Å². The van der Waals surface area contributed by atoms with Crippen LogP contribution in [-0.2, 0) is 14.3 Å². The Labute approximate surface area is 151 Å². The summed E-state index contributed by atoms with van der Waals surface area (Å²) in [6.07, 6.45) is 0. The predicted octanol–water partition coefficient (Wildman–Crippen LogP) is 0.782. The number of halogens is 1. The molecule has 1 amide bonds. The lowest BCUT2D eigenvalue weighted by Crippen LogP contribution is -2.41. The third kappa shape index (κ3) is 3.11. The molecule has 25 heavy (non-hydrogen) atoms. The molecule has 2 fully saturated rings. The maximum absolute atomic E-state index is 12.9. The minimum Gasteiger partial charge on any atom is -0.481 e. The smallest absolute Gasteiger partial charge is 0.316 e. The van der Waals surface area contributed by atoms with E-state index in [4.69, 9.17) is 18.9 Å². The first-order valence-corrected chi connectivity index (χ1v) is 7.60. The number of carbonyl (C=O) groups excluding carboxylic acids is 2. The molecule has 2 aliphatic rings. The number of fused-ring (bicyclic) bond motifs is 1. The lowest BCUT2D eigenvalue weighted by Gasteiger charge is -2.24. The summed E-state index contributed by atoms with van der Waals surface area (Å²) in [5.41, 5.74) is -0.448. The molecular weight excluding hydrogens is 352 g/mol. The second-order valence-corrected chi connectivity index (χ2v) is 5.96. The fourth-order valence-electron chi connectivity index (χ4n) is 3.41. The molecule has 2 aliphatic heterocycles. The van der Waals surface area contributed by atoms with Gasteiger partial charge in [0.1, 0.15) is 11.0 Å². The van der Waals surface area contributed by atoms with E-state index in [1.807, 2.05) is 0 Å². The minimum atomic E-state index is -0.780. The largest absolute Gasteiger partial charge is 0.481 e. The van der Waals surface area contributed by atoms with Crippen LogP contribution in [0.3, 0.4) is 0 Å². The van der Waals surface area contributed by atoms with E-state index in [1.165, 1.54) is 21.3 Å². The van der Waals surface area contributed by atoms with Gasteiger partial charge in [0, 0.05) is 25.1 Å². The number of pyridine rings is 1. The molecule has 0 spiro atoms. The first kappa shape index (κ1) is 19.3. The zero-order chi connectivity index (χ0) is 17.3. The highest BCUT2D eigenvalue weighted by Gasteiger charge is 2.57. The Morgan fingerprint density at radius 2 is 2.04 bits per heavy atom. The molecule has 0 radical (unpaired) electrons. The summed E-state index contributed by atoms with van der Waals surface area (Å²) in [6.45, 7) is 1.41. The number of rotatable bonds is 4. The van der Waals surface area contributed by atoms with Gasteiger partial charge in [-0.25, -0.2) is 0 Å². The Bertz CT molecular complexity index is 670. The third-order valence-electron chi connectivity index (χ3n) is 4.72. The third-order valence-corrected chi connectivity index (χ3v) is 4.72.